The number of aliphatic imine (C=N–C) groups is 1. The Kier molecular flexibility index (Phi) is 4.82. The molecule has 1 aliphatic heterocycles. The largest absolute Gasteiger partial charge is 0.494 e. The van der Waals surface area contributed by atoms with Gasteiger partial charge in [-0.2, -0.15) is 0 Å². The molecule has 0 amide bonds. The van der Waals surface area contributed by atoms with Crippen LogP contribution in [-0.2, 0) is 6.54 Å². The van der Waals surface area contributed by atoms with E-state index in [2.05, 4.69) is 26.1 Å². The molecule has 1 N–H and O–H groups in total. The van der Waals surface area contributed by atoms with E-state index in [0.29, 0.717) is 6.54 Å². The van der Waals surface area contributed by atoms with Crippen LogP contribution >= 0.6 is 11.8 Å². The van der Waals surface area contributed by atoms with Gasteiger partial charge in [-0.25, -0.2) is 4.39 Å². The van der Waals surface area contributed by atoms with Gasteiger partial charge >= 0.3 is 0 Å². The minimum Gasteiger partial charge on any atom is -0.494 e. The number of nitrogens with zero attached hydrogens (tertiary/aromatic N) is 1. The average molecular weight is 351 g/mol. The molecule has 1 aromatic rings. The number of rotatable bonds is 3. The maximum Gasteiger partial charge on any atom is 0.165 e. The average Bonchev–Trinajstić information content (AvgIpc) is 2.79. The van der Waals surface area contributed by atoms with Gasteiger partial charge in [-0.1, -0.05) is 24.8 Å². The maximum absolute atomic E-state index is 13.8. The zero-order valence-corrected chi connectivity index (χ0v) is 15.8. The summed E-state index contributed by atoms with van der Waals surface area (Å²) in [5.74, 6) is 0.770. The Morgan fingerprint density at radius 1 is 1.33 bits per heavy atom. The van der Waals surface area contributed by atoms with Crippen LogP contribution < -0.4 is 10.1 Å². The normalized spacial score (nSPS) is 30.5. The summed E-state index contributed by atoms with van der Waals surface area (Å²) in [5.41, 5.74) is 0.904. The number of hydrogen-bond acceptors (Lipinski definition) is 3. The third-order valence-electron chi connectivity index (χ3n) is 5.55. The van der Waals surface area contributed by atoms with Crippen molar-refractivity contribution in [2.75, 3.05) is 7.11 Å². The maximum atomic E-state index is 13.8. The summed E-state index contributed by atoms with van der Waals surface area (Å²) in [6, 6.07) is 5.04. The fraction of sp³-hybridized carbons (Fsp3) is 0.632. The van der Waals surface area contributed by atoms with Crippen molar-refractivity contribution in [3.05, 3.63) is 29.6 Å². The lowest BCUT2D eigenvalue weighted by Gasteiger charge is -2.43. The summed E-state index contributed by atoms with van der Waals surface area (Å²) < 4.78 is 19.0. The highest BCUT2D eigenvalue weighted by molar-refractivity contribution is 8.15. The first-order chi connectivity index (χ1) is 11.4. The van der Waals surface area contributed by atoms with Gasteiger partial charge in [0.25, 0.3) is 0 Å². The molecule has 1 saturated carbocycles. The second-order valence-corrected chi connectivity index (χ2v) is 8.99. The van der Waals surface area contributed by atoms with E-state index in [1.165, 1.54) is 38.9 Å². The Bertz CT molecular complexity index is 636. The van der Waals surface area contributed by atoms with Gasteiger partial charge in [0.2, 0.25) is 0 Å². The van der Waals surface area contributed by atoms with E-state index in [4.69, 9.17) is 9.73 Å². The first-order valence-electron chi connectivity index (χ1n) is 8.69. The van der Waals surface area contributed by atoms with Crippen molar-refractivity contribution in [1.82, 2.24) is 5.32 Å². The van der Waals surface area contributed by atoms with E-state index >= 15 is 0 Å². The van der Waals surface area contributed by atoms with Crippen molar-refractivity contribution < 1.29 is 9.13 Å². The van der Waals surface area contributed by atoms with Crippen LogP contribution in [0.2, 0.25) is 0 Å². The second-order valence-electron chi connectivity index (χ2n) is 7.62. The minimum atomic E-state index is -0.333. The van der Waals surface area contributed by atoms with Gasteiger partial charge in [-0.15, -0.1) is 0 Å². The highest BCUT2D eigenvalue weighted by Gasteiger charge is 2.53. The molecule has 24 heavy (non-hydrogen) atoms. The molecule has 0 unspecified atom stereocenters. The summed E-state index contributed by atoms with van der Waals surface area (Å²) in [5, 5.41) is 4.60. The molecule has 0 aromatic heterocycles. The summed E-state index contributed by atoms with van der Waals surface area (Å²) >= 11 is 1.89. The molecule has 1 aliphatic carbocycles. The van der Waals surface area contributed by atoms with E-state index < -0.39 is 0 Å². The lowest BCUT2D eigenvalue weighted by molar-refractivity contribution is 0.231. The van der Waals surface area contributed by atoms with E-state index in [0.717, 1.165) is 16.6 Å². The monoisotopic (exact) mass is 350 g/mol. The molecule has 1 aromatic carbocycles. The summed E-state index contributed by atoms with van der Waals surface area (Å²) in [6.45, 7) is 7.40. The zero-order chi connectivity index (χ0) is 17.4. The SMILES string of the molecule is COc1ccc(CN=C2NC(C)(C)C3(CCC(C)CC3)S2)cc1F. The van der Waals surface area contributed by atoms with Crippen molar-refractivity contribution in [2.24, 2.45) is 10.9 Å². The van der Waals surface area contributed by atoms with Crippen LogP contribution in [0.25, 0.3) is 0 Å². The molecule has 0 bridgehead atoms. The van der Waals surface area contributed by atoms with Crippen molar-refractivity contribution in [3.8, 4) is 5.75 Å². The number of thioether (sulfide) groups is 1. The van der Waals surface area contributed by atoms with Crippen molar-refractivity contribution in [2.45, 2.75) is 63.3 Å². The molecule has 0 atom stereocenters. The zero-order valence-electron chi connectivity index (χ0n) is 15.0. The molecule has 1 heterocycles. The Labute approximate surface area is 148 Å². The van der Waals surface area contributed by atoms with Gasteiger partial charge < -0.3 is 10.1 Å². The summed E-state index contributed by atoms with van der Waals surface area (Å²) in [4.78, 5) is 4.72. The van der Waals surface area contributed by atoms with Crippen molar-refractivity contribution in [3.63, 3.8) is 0 Å². The van der Waals surface area contributed by atoms with E-state index in [9.17, 15) is 4.39 Å². The number of amidine groups is 1. The van der Waals surface area contributed by atoms with Gasteiger partial charge in [-0.05, 0) is 63.1 Å². The van der Waals surface area contributed by atoms with Crippen LogP contribution in [-0.4, -0.2) is 22.6 Å². The molecule has 1 spiro atoms. The van der Waals surface area contributed by atoms with Crippen LogP contribution in [0, 0.1) is 11.7 Å². The number of nitrogens with one attached hydrogen (secondary N) is 1. The van der Waals surface area contributed by atoms with Gasteiger partial charge in [-0.3, -0.25) is 4.99 Å². The molecule has 2 aliphatic rings. The Hall–Kier alpha value is -1.23. The third-order valence-corrected chi connectivity index (χ3v) is 7.29. The minimum absolute atomic E-state index is 0.0435. The molecule has 5 heteroatoms. The second kappa shape index (κ2) is 6.58. The lowest BCUT2D eigenvalue weighted by atomic mass is 9.73. The van der Waals surface area contributed by atoms with Crippen LogP contribution in [0.5, 0.6) is 5.75 Å². The number of benzene rings is 1. The number of ether oxygens (including phenoxy) is 1. The first-order valence-corrected chi connectivity index (χ1v) is 9.51. The van der Waals surface area contributed by atoms with E-state index in [1.54, 1.807) is 6.07 Å². The summed E-state index contributed by atoms with van der Waals surface area (Å²) in [6.07, 6.45) is 5.04. The number of methoxy groups -OCH3 is 1. The first kappa shape index (κ1) is 17.6. The Morgan fingerprint density at radius 2 is 2.04 bits per heavy atom. The molecule has 1 saturated heterocycles. The van der Waals surface area contributed by atoms with Crippen molar-refractivity contribution in [1.29, 1.82) is 0 Å². The molecule has 2 fully saturated rings. The van der Waals surface area contributed by atoms with Gasteiger partial charge in [0, 0.05) is 10.3 Å². The van der Waals surface area contributed by atoms with Crippen LogP contribution in [0.1, 0.15) is 52.0 Å². The highest BCUT2D eigenvalue weighted by atomic mass is 32.2. The molecular weight excluding hydrogens is 323 g/mol. The highest BCUT2D eigenvalue weighted by Crippen LogP contribution is 2.52. The molecule has 0 radical (unpaired) electrons. The van der Waals surface area contributed by atoms with Crippen LogP contribution in [0.3, 0.4) is 0 Å². The number of hydrogen-bond donors (Lipinski definition) is 1. The third kappa shape index (κ3) is 3.28. The lowest BCUT2D eigenvalue weighted by Crippen LogP contribution is -2.52. The molecular formula is C19H27FN2OS. The smallest absolute Gasteiger partial charge is 0.165 e. The quantitative estimate of drug-likeness (QED) is 0.854. The molecule has 3 nitrogen and oxygen atoms in total. The fourth-order valence-corrected chi connectivity index (χ4v) is 5.27. The van der Waals surface area contributed by atoms with Crippen molar-refractivity contribution >= 4 is 16.9 Å². The standard InChI is InChI=1S/C19H27FN2OS/c1-13-7-9-19(10-8-13)18(2,3)22-17(24-19)21-12-14-5-6-16(23-4)15(20)11-14/h5-6,11,13H,7-10,12H2,1-4H3,(H,21,22). The predicted octanol–water partition coefficient (Wildman–Crippen LogP) is 4.75. The Morgan fingerprint density at radius 3 is 2.67 bits per heavy atom. The topological polar surface area (TPSA) is 33.6 Å². The Balaban J connectivity index is 1.72. The molecule has 3 rings (SSSR count). The van der Waals surface area contributed by atoms with Gasteiger partial charge in [0.1, 0.15) is 0 Å². The van der Waals surface area contributed by atoms with E-state index in [-0.39, 0.29) is 21.9 Å². The van der Waals surface area contributed by atoms with E-state index in [1.807, 2.05) is 17.8 Å². The van der Waals surface area contributed by atoms with Gasteiger partial charge in [0.15, 0.2) is 16.7 Å². The fourth-order valence-electron chi connectivity index (χ4n) is 3.72. The number of halogens is 1. The van der Waals surface area contributed by atoms with Crippen LogP contribution in [0.4, 0.5) is 4.39 Å². The van der Waals surface area contributed by atoms with Crippen LogP contribution in [0.15, 0.2) is 23.2 Å². The summed E-state index contributed by atoms with van der Waals surface area (Å²) in [7, 11) is 1.48. The predicted molar refractivity (Wildman–Crippen MR) is 99.3 cm³/mol. The van der Waals surface area contributed by atoms with Gasteiger partial charge in [0.05, 0.1) is 13.7 Å². The molecule has 132 valence electrons.